The second-order valence-corrected chi connectivity index (χ2v) is 6.02. The van der Waals surface area contributed by atoms with Crippen molar-refractivity contribution < 1.29 is 14.3 Å². The Morgan fingerprint density at radius 3 is 2.58 bits per heavy atom. The molecule has 7 heteroatoms. The molecule has 0 heterocycles. The van der Waals surface area contributed by atoms with E-state index in [4.69, 9.17) is 21.1 Å². The molecule has 0 spiro atoms. The minimum atomic E-state index is -0.655. The quantitative estimate of drug-likeness (QED) is 0.310. The summed E-state index contributed by atoms with van der Waals surface area (Å²) in [4.78, 5) is 12.1. The molecule has 0 saturated heterocycles. The van der Waals surface area contributed by atoms with Crippen molar-refractivity contribution in [1.82, 2.24) is 5.32 Å². The molecule has 1 unspecified atom stereocenters. The van der Waals surface area contributed by atoms with Gasteiger partial charge in [0.25, 0.3) is 0 Å². The Balaban J connectivity index is 2.81. The molecule has 0 aliphatic carbocycles. The molecule has 0 saturated carbocycles. The Kier molecular flexibility index (Phi) is 9.31. The number of hydrogen-bond acceptors (Lipinski definition) is 6. The van der Waals surface area contributed by atoms with Crippen molar-refractivity contribution in [2.75, 3.05) is 26.1 Å². The molecule has 5 nitrogen and oxygen atoms in total. The third-order valence-corrected chi connectivity index (χ3v) is 4.11. The van der Waals surface area contributed by atoms with E-state index in [0.29, 0.717) is 23.3 Å². The van der Waals surface area contributed by atoms with E-state index in [1.54, 1.807) is 18.4 Å². The normalized spacial score (nSPS) is 12.8. The summed E-state index contributed by atoms with van der Waals surface area (Å²) in [6.07, 6.45) is 1.79. The molecule has 130 valence electrons. The summed E-state index contributed by atoms with van der Waals surface area (Å²) in [6, 6.07) is 9.21. The van der Waals surface area contributed by atoms with Crippen LogP contribution in [-0.4, -0.2) is 32.0 Å². The van der Waals surface area contributed by atoms with E-state index in [-0.39, 0.29) is 18.2 Å². The average Bonchev–Trinajstić information content (AvgIpc) is 2.58. The highest BCUT2D eigenvalue weighted by atomic mass is 35.5. The van der Waals surface area contributed by atoms with Crippen molar-refractivity contribution >= 4 is 29.3 Å². The summed E-state index contributed by atoms with van der Waals surface area (Å²) in [6.45, 7) is 4.77. The third-order valence-electron chi connectivity index (χ3n) is 3.13. The number of carbonyl (C=O) groups excluding carboxylic acids is 1. The van der Waals surface area contributed by atoms with E-state index in [9.17, 15) is 10.1 Å². The van der Waals surface area contributed by atoms with E-state index < -0.39 is 5.97 Å². The Labute approximate surface area is 152 Å². The van der Waals surface area contributed by atoms with Gasteiger partial charge in [0.1, 0.15) is 12.7 Å². The maximum Gasteiger partial charge on any atom is 0.351 e. The average molecular weight is 369 g/mol. The number of rotatable bonds is 9. The molecule has 0 aliphatic heterocycles. The third kappa shape index (κ3) is 6.44. The first-order chi connectivity index (χ1) is 11.5. The monoisotopic (exact) mass is 368 g/mol. The van der Waals surface area contributed by atoms with Crippen LogP contribution in [0.1, 0.15) is 25.5 Å². The summed E-state index contributed by atoms with van der Waals surface area (Å²) < 4.78 is 10.2. The van der Waals surface area contributed by atoms with Crippen molar-refractivity contribution in [3.05, 3.63) is 45.5 Å². The Morgan fingerprint density at radius 1 is 1.38 bits per heavy atom. The van der Waals surface area contributed by atoms with Gasteiger partial charge in [0.2, 0.25) is 0 Å². The Morgan fingerprint density at radius 2 is 2.04 bits per heavy atom. The van der Waals surface area contributed by atoms with Crippen LogP contribution in [0, 0.1) is 11.3 Å². The Hall–Kier alpha value is -1.68. The molecule has 1 atom stereocenters. The summed E-state index contributed by atoms with van der Waals surface area (Å²) in [7, 11) is 0. The molecule has 1 N–H and O–H groups in total. The molecule has 0 amide bonds. The molecular weight excluding hydrogens is 348 g/mol. The number of thioether (sulfide) groups is 1. The molecule has 0 radical (unpaired) electrons. The summed E-state index contributed by atoms with van der Waals surface area (Å²) in [5.41, 5.74) is 0.952. The molecule has 1 aromatic carbocycles. The van der Waals surface area contributed by atoms with Crippen molar-refractivity contribution in [2.24, 2.45) is 0 Å². The van der Waals surface area contributed by atoms with E-state index in [2.05, 4.69) is 5.32 Å². The second-order valence-electron chi connectivity index (χ2n) is 4.77. The van der Waals surface area contributed by atoms with Crippen LogP contribution in [0.3, 0.4) is 0 Å². The topological polar surface area (TPSA) is 71.3 Å². The lowest BCUT2D eigenvalue weighted by atomic mass is 10.1. The number of hydrogen-bond donors (Lipinski definition) is 1. The molecular formula is C17H21ClN2O3S. The summed E-state index contributed by atoms with van der Waals surface area (Å²) in [5, 5.41) is 13.6. The van der Waals surface area contributed by atoms with Gasteiger partial charge in [-0.25, -0.2) is 4.79 Å². The van der Waals surface area contributed by atoms with Gasteiger partial charge in [-0.15, -0.1) is 11.8 Å². The van der Waals surface area contributed by atoms with Crippen molar-refractivity contribution in [3.63, 3.8) is 0 Å². The highest BCUT2D eigenvalue weighted by Gasteiger charge is 2.18. The first-order valence-corrected chi connectivity index (χ1v) is 9.09. The number of benzene rings is 1. The molecule has 0 bridgehead atoms. The van der Waals surface area contributed by atoms with Crippen LogP contribution in [0.2, 0.25) is 5.02 Å². The number of carbonyl (C=O) groups is 1. The van der Waals surface area contributed by atoms with Gasteiger partial charge >= 0.3 is 5.97 Å². The highest BCUT2D eigenvalue weighted by molar-refractivity contribution is 8.02. The molecule has 0 aliphatic rings. The van der Waals surface area contributed by atoms with Gasteiger partial charge in [0.15, 0.2) is 5.57 Å². The van der Waals surface area contributed by atoms with Crippen molar-refractivity contribution in [1.29, 1.82) is 5.26 Å². The van der Waals surface area contributed by atoms with Gasteiger partial charge in [-0.3, -0.25) is 0 Å². The van der Waals surface area contributed by atoms with Crippen molar-refractivity contribution in [2.45, 2.75) is 19.9 Å². The van der Waals surface area contributed by atoms with Crippen LogP contribution in [0.4, 0.5) is 0 Å². The number of esters is 1. The van der Waals surface area contributed by atoms with Gasteiger partial charge < -0.3 is 14.8 Å². The number of nitrogens with zero attached hydrogens (tertiary/aromatic N) is 1. The van der Waals surface area contributed by atoms with Crippen LogP contribution in [0.15, 0.2) is 34.9 Å². The smallest absolute Gasteiger partial charge is 0.351 e. The van der Waals surface area contributed by atoms with Crippen LogP contribution < -0.4 is 5.32 Å². The zero-order chi connectivity index (χ0) is 17.9. The van der Waals surface area contributed by atoms with Crippen molar-refractivity contribution in [3.8, 4) is 6.07 Å². The van der Waals surface area contributed by atoms with Gasteiger partial charge in [0, 0.05) is 17.7 Å². The number of nitrogens with one attached hydrogen (secondary N) is 1. The molecule has 1 aromatic rings. The fourth-order valence-electron chi connectivity index (χ4n) is 1.86. The first kappa shape index (κ1) is 20.4. The van der Waals surface area contributed by atoms with Crippen LogP contribution in [0.5, 0.6) is 0 Å². The molecule has 0 aromatic heterocycles. The van der Waals surface area contributed by atoms with Crippen LogP contribution >= 0.6 is 23.4 Å². The SMILES string of the molecule is CCOCCOC(=O)/C(C#N)=C(\NC(C)c1ccc(Cl)cc1)SC. The predicted molar refractivity (Wildman–Crippen MR) is 96.6 cm³/mol. The summed E-state index contributed by atoms with van der Waals surface area (Å²) in [5.74, 6) is -0.655. The van der Waals surface area contributed by atoms with Gasteiger partial charge in [-0.1, -0.05) is 23.7 Å². The lowest BCUT2D eigenvalue weighted by Crippen LogP contribution is -2.21. The van der Waals surface area contributed by atoms with Crippen LogP contribution in [0.25, 0.3) is 0 Å². The first-order valence-electron chi connectivity index (χ1n) is 7.48. The lowest BCUT2D eigenvalue weighted by Gasteiger charge is -2.18. The minimum Gasteiger partial charge on any atom is -0.459 e. The summed E-state index contributed by atoms with van der Waals surface area (Å²) >= 11 is 7.18. The van der Waals surface area contributed by atoms with E-state index in [1.165, 1.54) is 11.8 Å². The fourth-order valence-corrected chi connectivity index (χ4v) is 2.62. The maximum atomic E-state index is 12.1. The Bertz CT molecular complexity index is 611. The van der Waals surface area contributed by atoms with Gasteiger partial charge in [0.05, 0.1) is 11.6 Å². The largest absolute Gasteiger partial charge is 0.459 e. The predicted octanol–water partition coefficient (Wildman–Crippen LogP) is 3.67. The molecule has 1 rings (SSSR count). The number of halogens is 1. The standard InChI is InChI=1S/C17H21ClN2O3S/c1-4-22-9-10-23-17(21)15(11-19)16(24-3)20-12(2)13-5-7-14(18)8-6-13/h5-8,12,20H,4,9-10H2,1-3H3/b16-15+. The van der Waals surface area contributed by atoms with Gasteiger partial charge in [-0.05, 0) is 37.8 Å². The fraction of sp³-hybridized carbons (Fsp3) is 0.412. The molecule has 0 fully saturated rings. The van der Waals surface area contributed by atoms with E-state index in [0.717, 1.165) is 5.56 Å². The van der Waals surface area contributed by atoms with Crippen LogP contribution in [-0.2, 0) is 14.3 Å². The maximum absolute atomic E-state index is 12.1. The zero-order valence-electron chi connectivity index (χ0n) is 14.0. The number of ether oxygens (including phenoxy) is 2. The lowest BCUT2D eigenvalue weighted by molar-refractivity contribution is -0.140. The minimum absolute atomic E-state index is 0.0418. The highest BCUT2D eigenvalue weighted by Crippen LogP contribution is 2.22. The molecule has 24 heavy (non-hydrogen) atoms. The van der Waals surface area contributed by atoms with Gasteiger partial charge in [-0.2, -0.15) is 5.26 Å². The zero-order valence-corrected chi connectivity index (χ0v) is 15.5. The number of nitriles is 1. The second kappa shape index (κ2) is 11.0. The van der Waals surface area contributed by atoms with E-state index in [1.807, 2.05) is 32.0 Å². The van der Waals surface area contributed by atoms with E-state index >= 15 is 0 Å².